The number of pyridine rings is 1. The Kier molecular flexibility index (Phi) is 4.72. The van der Waals surface area contributed by atoms with E-state index in [9.17, 15) is 14.4 Å². The minimum absolute atomic E-state index is 0.231. The van der Waals surface area contributed by atoms with Crippen molar-refractivity contribution in [1.82, 2.24) is 14.9 Å². The molecule has 0 radical (unpaired) electrons. The third kappa shape index (κ3) is 3.38. The first kappa shape index (κ1) is 18.5. The number of hydroxylamine groups is 2. The van der Waals surface area contributed by atoms with Crippen LogP contribution in [-0.2, 0) is 13.0 Å². The molecule has 0 spiro atoms. The Hall–Kier alpha value is -2.51. The standard InChI is InChI=1S/C22H25FN4O2/c23-17-5-3-15(4-6-17)12-26-14-16(13-25-8-1-2-9-25)20-18-7-10-27(29)22(28)21(18)24-11-19(20)26/h3-6,11,16,29H,1-2,7-10,12-14H2. The second kappa shape index (κ2) is 7.39. The number of halogens is 1. The van der Waals surface area contributed by atoms with Gasteiger partial charge in [-0.3, -0.25) is 10.0 Å². The Labute approximate surface area is 169 Å². The number of carbonyl (C=O) groups is 1. The molecular formula is C22H25FN4O2. The van der Waals surface area contributed by atoms with Crippen LogP contribution in [0.3, 0.4) is 0 Å². The molecule has 29 heavy (non-hydrogen) atoms. The maximum absolute atomic E-state index is 13.3. The van der Waals surface area contributed by atoms with Crippen molar-refractivity contribution in [2.45, 2.75) is 31.7 Å². The van der Waals surface area contributed by atoms with E-state index in [2.05, 4.69) is 14.8 Å². The second-order valence-corrected chi connectivity index (χ2v) is 8.27. The molecule has 1 aromatic heterocycles. The van der Waals surface area contributed by atoms with Crippen LogP contribution >= 0.6 is 0 Å². The van der Waals surface area contributed by atoms with Gasteiger partial charge in [0.25, 0.3) is 5.91 Å². The number of anilines is 1. The van der Waals surface area contributed by atoms with E-state index in [4.69, 9.17) is 0 Å². The maximum atomic E-state index is 13.3. The molecule has 1 amide bonds. The van der Waals surface area contributed by atoms with Gasteiger partial charge in [-0.25, -0.2) is 14.4 Å². The van der Waals surface area contributed by atoms with Crippen LogP contribution in [-0.4, -0.2) is 58.8 Å². The minimum Gasteiger partial charge on any atom is -0.365 e. The molecule has 2 aromatic rings. The topological polar surface area (TPSA) is 59.9 Å². The molecule has 1 fully saturated rings. The molecule has 1 unspecified atom stereocenters. The van der Waals surface area contributed by atoms with Gasteiger partial charge in [0.1, 0.15) is 11.5 Å². The Bertz CT molecular complexity index is 927. The first-order valence-electron chi connectivity index (χ1n) is 10.3. The number of fused-ring (bicyclic) bond motifs is 3. The van der Waals surface area contributed by atoms with Gasteiger partial charge < -0.3 is 9.80 Å². The van der Waals surface area contributed by atoms with E-state index in [1.807, 2.05) is 12.1 Å². The molecule has 3 aliphatic rings. The number of amides is 1. The zero-order valence-electron chi connectivity index (χ0n) is 16.4. The molecule has 1 saturated heterocycles. The van der Waals surface area contributed by atoms with Crippen molar-refractivity contribution in [2.24, 2.45) is 0 Å². The van der Waals surface area contributed by atoms with Gasteiger partial charge in [-0.05, 0) is 61.2 Å². The number of hydrogen-bond acceptors (Lipinski definition) is 5. The minimum atomic E-state index is -0.411. The molecule has 0 saturated carbocycles. The summed E-state index contributed by atoms with van der Waals surface area (Å²) in [7, 11) is 0. The van der Waals surface area contributed by atoms with E-state index in [0.717, 1.165) is 48.1 Å². The number of nitrogens with zero attached hydrogens (tertiary/aromatic N) is 4. The lowest BCUT2D eigenvalue weighted by Crippen LogP contribution is -2.36. The van der Waals surface area contributed by atoms with Crippen molar-refractivity contribution in [3.05, 3.63) is 58.7 Å². The molecule has 6 nitrogen and oxygen atoms in total. The highest BCUT2D eigenvalue weighted by Gasteiger charge is 2.37. The summed E-state index contributed by atoms with van der Waals surface area (Å²) in [6, 6.07) is 6.63. The van der Waals surface area contributed by atoms with Gasteiger partial charge in [0.05, 0.1) is 18.4 Å². The molecule has 5 rings (SSSR count). The number of likely N-dealkylation sites (tertiary alicyclic amines) is 1. The number of hydrogen-bond donors (Lipinski definition) is 1. The van der Waals surface area contributed by atoms with E-state index in [0.29, 0.717) is 31.1 Å². The third-order valence-corrected chi connectivity index (χ3v) is 6.37. The summed E-state index contributed by atoms with van der Waals surface area (Å²) in [6.45, 7) is 5.07. The summed E-state index contributed by atoms with van der Waals surface area (Å²) in [5, 5.41) is 10.6. The average Bonchev–Trinajstić information content (AvgIpc) is 3.35. The summed E-state index contributed by atoms with van der Waals surface area (Å²) in [4.78, 5) is 21.7. The highest BCUT2D eigenvalue weighted by atomic mass is 19.1. The predicted molar refractivity (Wildman–Crippen MR) is 107 cm³/mol. The fourth-order valence-corrected chi connectivity index (χ4v) is 4.98. The Morgan fingerprint density at radius 3 is 2.66 bits per heavy atom. The first-order chi connectivity index (χ1) is 14.1. The van der Waals surface area contributed by atoms with Gasteiger partial charge >= 0.3 is 0 Å². The molecule has 152 valence electrons. The normalized spacial score (nSPS) is 21.6. The number of rotatable bonds is 4. The van der Waals surface area contributed by atoms with Crippen LogP contribution in [0.2, 0.25) is 0 Å². The molecule has 4 heterocycles. The van der Waals surface area contributed by atoms with Gasteiger partial charge in [0, 0.05) is 25.6 Å². The van der Waals surface area contributed by atoms with Crippen molar-refractivity contribution < 1.29 is 14.4 Å². The van der Waals surface area contributed by atoms with Crippen molar-refractivity contribution in [3.8, 4) is 0 Å². The monoisotopic (exact) mass is 396 g/mol. The fourth-order valence-electron chi connectivity index (χ4n) is 4.98. The van der Waals surface area contributed by atoms with Crippen LogP contribution in [0.4, 0.5) is 10.1 Å². The van der Waals surface area contributed by atoms with Gasteiger partial charge in [-0.1, -0.05) is 12.1 Å². The van der Waals surface area contributed by atoms with Crippen LogP contribution < -0.4 is 4.90 Å². The summed E-state index contributed by atoms with van der Waals surface area (Å²) >= 11 is 0. The summed E-state index contributed by atoms with van der Waals surface area (Å²) in [5.41, 5.74) is 4.70. The van der Waals surface area contributed by atoms with Crippen molar-refractivity contribution in [1.29, 1.82) is 0 Å². The zero-order valence-corrected chi connectivity index (χ0v) is 16.4. The molecule has 1 aromatic carbocycles. The SMILES string of the molecule is O=C1c2ncc3c(c2CCN1O)C(CN1CCCC1)CN3Cc1ccc(F)cc1. The number of carbonyl (C=O) groups excluding carboxylic acids is 1. The molecule has 1 atom stereocenters. The van der Waals surface area contributed by atoms with Gasteiger partial charge in [-0.15, -0.1) is 0 Å². The lowest BCUT2D eigenvalue weighted by Gasteiger charge is -2.26. The van der Waals surface area contributed by atoms with E-state index >= 15 is 0 Å². The maximum Gasteiger partial charge on any atom is 0.296 e. The molecule has 0 aliphatic carbocycles. The molecule has 0 bridgehead atoms. The second-order valence-electron chi connectivity index (χ2n) is 8.27. The van der Waals surface area contributed by atoms with Crippen LogP contribution in [0, 0.1) is 5.82 Å². The van der Waals surface area contributed by atoms with E-state index in [1.165, 1.54) is 30.5 Å². The molecule has 1 N–H and O–H groups in total. The van der Waals surface area contributed by atoms with Gasteiger partial charge in [0.15, 0.2) is 0 Å². The number of aromatic nitrogens is 1. The van der Waals surface area contributed by atoms with Crippen LogP contribution in [0.5, 0.6) is 0 Å². The number of benzene rings is 1. The van der Waals surface area contributed by atoms with Crippen molar-refractivity contribution in [3.63, 3.8) is 0 Å². The molecule has 3 aliphatic heterocycles. The van der Waals surface area contributed by atoms with E-state index < -0.39 is 5.91 Å². The fraction of sp³-hybridized carbons (Fsp3) is 0.455. The molecule has 7 heteroatoms. The Morgan fingerprint density at radius 2 is 1.90 bits per heavy atom. The highest BCUT2D eigenvalue weighted by Crippen LogP contribution is 2.42. The predicted octanol–water partition coefficient (Wildman–Crippen LogP) is 2.81. The highest BCUT2D eigenvalue weighted by molar-refractivity contribution is 5.95. The Morgan fingerprint density at radius 1 is 1.14 bits per heavy atom. The zero-order chi connectivity index (χ0) is 20.0. The molecular weight excluding hydrogens is 371 g/mol. The quantitative estimate of drug-likeness (QED) is 0.806. The summed E-state index contributed by atoms with van der Waals surface area (Å²) in [6.07, 6.45) is 4.88. The van der Waals surface area contributed by atoms with Gasteiger partial charge in [-0.2, -0.15) is 0 Å². The van der Waals surface area contributed by atoms with E-state index in [-0.39, 0.29) is 5.82 Å². The lowest BCUT2D eigenvalue weighted by atomic mass is 9.91. The summed E-state index contributed by atoms with van der Waals surface area (Å²) in [5.74, 6) is -0.338. The Balaban J connectivity index is 1.50. The lowest BCUT2D eigenvalue weighted by molar-refractivity contribution is -0.0608. The van der Waals surface area contributed by atoms with Crippen molar-refractivity contribution >= 4 is 11.6 Å². The smallest absolute Gasteiger partial charge is 0.296 e. The average molecular weight is 396 g/mol. The third-order valence-electron chi connectivity index (χ3n) is 6.37. The van der Waals surface area contributed by atoms with E-state index in [1.54, 1.807) is 6.20 Å². The first-order valence-corrected chi connectivity index (χ1v) is 10.3. The van der Waals surface area contributed by atoms with Crippen LogP contribution in [0.1, 0.15) is 45.9 Å². The van der Waals surface area contributed by atoms with Crippen molar-refractivity contribution in [2.75, 3.05) is 37.6 Å². The van der Waals surface area contributed by atoms with Gasteiger partial charge in [0.2, 0.25) is 0 Å². The van der Waals surface area contributed by atoms with Crippen LogP contribution in [0.25, 0.3) is 0 Å². The van der Waals surface area contributed by atoms with Crippen LogP contribution in [0.15, 0.2) is 30.5 Å². The largest absolute Gasteiger partial charge is 0.365 e. The summed E-state index contributed by atoms with van der Waals surface area (Å²) < 4.78 is 13.3.